The minimum absolute atomic E-state index is 0.00388. The number of aromatic nitrogens is 2. The van der Waals surface area contributed by atoms with E-state index in [0.717, 1.165) is 17.0 Å². The molecule has 0 saturated carbocycles. The molecule has 2 heterocycles. The van der Waals surface area contributed by atoms with Gasteiger partial charge in [0.1, 0.15) is 11.4 Å². The zero-order valence-electron chi connectivity index (χ0n) is 21.9. The van der Waals surface area contributed by atoms with Crippen LogP contribution in [0.5, 0.6) is 5.75 Å². The number of benzene rings is 2. The molecule has 1 aliphatic heterocycles. The minimum Gasteiger partial charge on any atom is -0.496 e. The number of piperidine rings is 1. The van der Waals surface area contributed by atoms with E-state index in [1.807, 2.05) is 58.0 Å². The first-order valence-electron chi connectivity index (χ1n) is 12.3. The van der Waals surface area contributed by atoms with E-state index in [4.69, 9.17) is 21.1 Å². The monoisotopic (exact) mass is 524 g/mol. The number of anilines is 1. The average Bonchev–Trinajstić information content (AvgIpc) is 3.28. The second-order valence-corrected chi connectivity index (χ2v) is 10.6. The molecule has 1 saturated heterocycles. The Labute approximate surface area is 222 Å². The van der Waals surface area contributed by atoms with E-state index in [-0.39, 0.29) is 17.9 Å². The van der Waals surface area contributed by atoms with Crippen LogP contribution in [0, 0.1) is 6.92 Å². The summed E-state index contributed by atoms with van der Waals surface area (Å²) in [7, 11) is 1.62. The molecule has 0 bridgehead atoms. The van der Waals surface area contributed by atoms with Crippen LogP contribution in [0.25, 0.3) is 5.69 Å². The highest BCUT2D eigenvalue weighted by Crippen LogP contribution is 2.34. The number of carbonyl (C=O) groups is 2. The van der Waals surface area contributed by atoms with Gasteiger partial charge in [-0.1, -0.05) is 23.7 Å². The Hall–Kier alpha value is -3.52. The van der Waals surface area contributed by atoms with E-state index in [9.17, 15) is 9.59 Å². The summed E-state index contributed by atoms with van der Waals surface area (Å²) in [5.41, 5.74) is 2.99. The van der Waals surface area contributed by atoms with Gasteiger partial charge in [-0.3, -0.25) is 4.79 Å². The molecule has 2 aromatic carbocycles. The van der Waals surface area contributed by atoms with Gasteiger partial charge in [-0.2, -0.15) is 5.10 Å². The van der Waals surface area contributed by atoms with E-state index in [0.29, 0.717) is 47.9 Å². The molecule has 0 radical (unpaired) electrons. The number of rotatable bonds is 5. The van der Waals surface area contributed by atoms with Crippen LogP contribution in [0.3, 0.4) is 0 Å². The number of methoxy groups -OCH3 is 1. The van der Waals surface area contributed by atoms with E-state index >= 15 is 0 Å². The third kappa shape index (κ3) is 6.07. The summed E-state index contributed by atoms with van der Waals surface area (Å²) in [5.74, 6) is 0.491. The predicted octanol–water partition coefficient (Wildman–Crippen LogP) is 6.21. The van der Waals surface area contributed by atoms with Crippen molar-refractivity contribution in [3.05, 3.63) is 70.5 Å². The fraction of sp³-hybridized carbons (Fsp3) is 0.393. The Kier molecular flexibility index (Phi) is 7.78. The van der Waals surface area contributed by atoms with Crippen LogP contribution in [0.4, 0.5) is 10.5 Å². The number of amides is 2. The van der Waals surface area contributed by atoms with Crippen LogP contribution in [0.1, 0.15) is 61.1 Å². The SMILES string of the molecule is COc1ccc(NC(=O)c2cnn(-c3ccccc3Cl)c2C2CCN(C(=O)OC(C)(C)C)CC2)cc1C. The fourth-order valence-electron chi connectivity index (χ4n) is 4.56. The topological polar surface area (TPSA) is 85.7 Å². The van der Waals surface area contributed by atoms with E-state index in [2.05, 4.69) is 10.4 Å². The predicted molar refractivity (Wildman–Crippen MR) is 144 cm³/mol. The number of carbonyl (C=O) groups excluding carboxylic acids is 2. The van der Waals surface area contributed by atoms with Crippen LogP contribution in [-0.4, -0.2) is 52.5 Å². The smallest absolute Gasteiger partial charge is 0.410 e. The van der Waals surface area contributed by atoms with E-state index in [1.54, 1.807) is 35.0 Å². The van der Waals surface area contributed by atoms with Gasteiger partial charge in [0.25, 0.3) is 5.91 Å². The number of halogens is 1. The quantitative estimate of drug-likeness (QED) is 0.429. The zero-order valence-corrected chi connectivity index (χ0v) is 22.6. The second kappa shape index (κ2) is 10.8. The third-order valence-corrected chi connectivity index (χ3v) is 6.64. The lowest BCUT2D eigenvalue weighted by Gasteiger charge is -2.34. The molecule has 2 amide bonds. The van der Waals surface area contributed by atoms with Crippen molar-refractivity contribution >= 4 is 29.3 Å². The van der Waals surface area contributed by atoms with Crippen LogP contribution >= 0.6 is 11.6 Å². The maximum absolute atomic E-state index is 13.5. The van der Waals surface area contributed by atoms with Crippen molar-refractivity contribution in [2.45, 2.75) is 52.1 Å². The molecule has 1 aliphatic rings. The third-order valence-electron chi connectivity index (χ3n) is 6.32. The lowest BCUT2D eigenvalue weighted by molar-refractivity contribution is 0.0203. The van der Waals surface area contributed by atoms with Gasteiger partial charge in [0.2, 0.25) is 0 Å². The maximum Gasteiger partial charge on any atom is 0.410 e. The highest BCUT2D eigenvalue weighted by Gasteiger charge is 2.32. The van der Waals surface area contributed by atoms with E-state index < -0.39 is 5.60 Å². The summed E-state index contributed by atoms with van der Waals surface area (Å²) in [6.45, 7) is 8.53. The Balaban J connectivity index is 1.63. The molecule has 0 unspecified atom stereocenters. The fourth-order valence-corrected chi connectivity index (χ4v) is 4.77. The largest absolute Gasteiger partial charge is 0.496 e. The number of ether oxygens (including phenoxy) is 2. The van der Waals surface area contributed by atoms with Crippen molar-refractivity contribution in [1.82, 2.24) is 14.7 Å². The summed E-state index contributed by atoms with van der Waals surface area (Å²) in [6, 6.07) is 12.9. The molecular weight excluding hydrogens is 492 g/mol. The van der Waals surface area contributed by atoms with Gasteiger partial charge in [0, 0.05) is 24.7 Å². The van der Waals surface area contributed by atoms with Crippen LogP contribution in [0.2, 0.25) is 5.02 Å². The number of para-hydroxylation sites is 1. The van der Waals surface area contributed by atoms with Crippen molar-refractivity contribution in [2.75, 3.05) is 25.5 Å². The summed E-state index contributed by atoms with van der Waals surface area (Å²) < 4.78 is 12.6. The Morgan fingerprint density at radius 2 is 1.81 bits per heavy atom. The Bertz CT molecular complexity index is 1290. The first-order valence-corrected chi connectivity index (χ1v) is 12.7. The summed E-state index contributed by atoms with van der Waals surface area (Å²) in [6.07, 6.45) is 2.59. The Morgan fingerprint density at radius 1 is 1.11 bits per heavy atom. The highest BCUT2D eigenvalue weighted by atomic mass is 35.5. The van der Waals surface area contributed by atoms with Crippen LogP contribution in [0.15, 0.2) is 48.7 Å². The number of likely N-dealkylation sites (tertiary alicyclic amines) is 1. The van der Waals surface area contributed by atoms with Gasteiger partial charge in [-0.15, -0.1) is 0 Å². The molecule has 8 nitrogen and oxygen atoms in total. The molecule has 1 fully saturated rings. The number of hydrogen-bond donors (Lipinski definition) is 1. The highest BCUT2D eigenvalue weighted by molar-refractivity contribution is 6.32. The summed E-state index contributed by atoms with van der Waals surface area (Å²) in [4.78, 5) is 27.8. The van der Waals surface area contributed by atoms with Crippen molar-refractivity contribution in [1.29, 1.82) is 0 Å². The van der Waals surface area contributed by atoms with Crippen LogP contribution in [-0.2, 0) is 4.74 Å². The molecule has 1 N–H and O–H groups in total. The van der Waals surface area contributed by atoms with E-state index in [1.165, 1.54) is 0 Å². The molecule has 9 heteroatoms. The molecule has 3 aromatic rings. The molecule has 1 aromatic heterocycles. The second-order valence-electron chi connectivity index (χ2n) is 10.2. The number of nitrogens with zero attached hydrogens (tertiary/aromatic N) is 3. The first kappa shape index (κ1) is 26.5. The lowest BCUT2D eigenvalue weighted by atomic mass is 9.90. The maximum atomic E-state index is 13.5. The molecule has 4 rings (SSSR count). The number of nitrogens with one attached hydrogen (secondary N) is 1. The van der Waals surface area contributed by atoms with Gasteiger partial charge in [0.15, 0.2) is 0 Å². The van der Waals surface area contributed by atoms with Crippen molar-refractivity contribution in [3.8, 4) is 11.4 Å². The molecule has 0 aliphatic carbocycles. The molecule has 0 spiro atoms. The average molecular weight is 525 g/mol. The van der Waals surface area contributed by atoms with Gasteiger partial charge in [0.05, 0.1) is 35.3 Å². The molecule has 196 valence electrons. The van der Waals surface area contributed by atoms with Gasteiger partial charge in [-0.05, 0) is 76.4 Å². The van der Waals surface area contributed by atoms with Gasteiger partial charge in [-0.25, -0.2) is 9.48 Å². The van der Waals surface area contributed by atoms with Crippen molar-refractivity contribution in [2.24, 2.45) is 0 Å². The zero-order chi connectivity index (χ0) is 26.7. The molecule has 37 heavy (non-hydrogen) atoms. The standard InChI is InChI=1S/C28H33ClN4O4/c1-18-16-20(10-11-24(18)36-5)31-26(34)21-17-30-33(23-9-7-6-8-22(23)29)25(21)19-12-14-32(15-13-19)27(35)37-28(2,3)4/h6-11,16-17,19H,12-15H2,1-5H3,(H,31,34). The van der Waals surface area contributed by atoms with Crippen molar-refractivity contribution in [3.63, 3.8) is 0 Å². The van der Waals surface area contributed by atoms with Gasteiger partial charge < -0.3 is 19.7 Å². The lowest BCUT2D eigenvalue weighted by Crippen LogP contribution is -2.41. The van der Waals surface area contributed by atoms with Gasteiger partial charge >= 0.3 is 6.09 Å². The number of aryl methyl sites for hydroxylation is 1. The normalized spacial score (nSPS) is 14.4. The number of hydrogen-bond acceptors (Lipinski definition) is 5. The Morgan fingerprint density at radius 3 is 2.43 bits per heavy atom. The first-order chi connectivity index (χ1) is 17.6. The minimum atomic E-state index is -0.554. The molecular formula is C28H33ClN4O4. The summed E-state index contributed by atoms with van der Waals surface area (Å²) in [5, 5.41) is 8.11. The summed E-state index contributed by atoms with van der Waals surface area (Å²) >= 11 is 6.52. The van der Waals surface area contributed by atoms with Crippen LogP contribution < -0.4 is 10.1 Å². The van der Waals surface area contributed by atoms with Crippen molar-refractivity contribution < 1.29 is 19.1 Å². The molecule has 0 atom stereocenters.